The van der Waals surface area contributed by atoms with Crippen LogP contribution in [0.2, 0.25) is 0 Å². The van der Waals surface area contributed by atoms with Crippen LogP contribution in [0, 0.1) is 0 Å². The summed E-state index contributed by atoms with van der Waals surface area (Å²) in [6, 6.07) is 16.2. The number of thioether (sulfide) groups is 1. The lowest BCUT2D eigenvalue weighted by molar-refractivity contribution is 0.0985. The second kappa shape index (κ2) is 12.2. The van der Waals surface area contributed by atoms with Gasteiger partial charge in [-0.3, -0.25) is 14.7 Å². The lowest BCUT2D eigenvalue weighted by Gasteiger charge is -2.32. The van der Waals surface area contributed by atoms with Gasteiger partial charge in [-0.1, -0.05) is 49.7 Å². The Morgan fingerprint density at radius 1 is 1.05 bits per heavy atom. The molecule has 0 unspecified atom stereocenters. The molecule has 1 fully saturated rings. The monoisotopic (exact) mass is 580 g/mol. The second-order valence-electron chi connectivity index (χ2n) is 9.58. The van der Waals surface area contributed by atoms with E-state index in [1.807, 2.05) is 43.5 Å². The van der Waals surface area contributed by atoms with Crippen molar-refractivity contribution in [2.75, 3.05) is 17.7 Å². The summed E-state index contributed by atoms with van der Waals surface area (Å²) < 4.78 is 29.7. The van der Waals surface area contributed by atoms with Crippen LogP contribution in [-0.2, 0) is 16.6 Å². The predicted octanol–water partition coefficient (Wildman–Crippen LogP) is 6.60. The lowest BCUT2D eigenvalue weighted by atomic mass is 9.95. The molecule has 1 aliphatic carbocycles. The number of pyridine rings is 1. The van der Waals surface area contributed by atoms with Gasteiger partial charge < -0.3 is 0 Å². The Bertz CT molecular complexity index is 1530. The van der Waals surface area contributed by atoms with Crippen LogP contribution >= 0.6 is 23.1 Å². The SMILES string of the molecule is CCN(C1CCCCC1)S(=O)(=O)c1ccc(C(=O)N(Cc2cccnc2)c2nc3c(SC)cccc3s2)cc1. The van der Waals surface area contributed by atoms with Gasteiger partial charge in [-0.15, -0.1) is 11.8 Å². The maximum Gasteiger partial charge on any atom is 0.260 e. The molecule has 0 atom stereocenters. The molecule has 1 aliphatic rings. The van der Waals surface area contributed by atoms with Crippen LogP contribution in [0.1, 0.15) is 54.9 Å². The Hall–Kier alpha value is -2.79. The number of hydrogen-bond donors (Lipinski definition) is 0. The van der Waals surface area contributed by atoms with Crippen LogP contribution in [0.25, 0.3) is 10.2 Å². The Kier molecular flexibility index (Phi) is 8.66. The van der Waals surface area contributed by atoms with Crippen LogP contribution < -0.4 is 4.90 Å². The van der Waals surface area contributed by atoms with E-state index in [9.17, 15) is 13.2 Å². The Balaban J connectivity index is 1.46. The second-order valence-corrected chi connectivity index (χ2v) is 13.3. The highest BCUT2D eigenvalue weighted by atomic mass is 32.2. The van der Waals surface area contributed by atoms with Gasteiger partial charge in [0.2, 0.25) is 10.0 Å². The largest absolute Gasteiger partial charge is 0.279 e. The third kappa shape index (κ3) is 5.89. The summed E-state index contributed by atoms with van der Waals surface area (Å²) >= 11 is 3.08. The fourth-order valence-electron chi connectivity index (χ4n) is 5.15. The van der Waals surface area contributed by atoms with Crippen molar-refractivity contribution in [3.63, 3.8) is 0 Å². The molecular formula is C29H32N4O3S3. The van der Waals surface area contributed by atoms with E-state index in [0.717, 1.165) is 52.8 Å². The van der Waals surface area contributed by atoms with Crippen molar-refractivity contribution < 1.29 is 13.2 Å². The van der Waals surface area contributed by atoms with Gasteiger partial charge in [0.15, 0.2) is 5.13 Å². The number of rotatable bonds is 9. The predicted molar refractivity (Wildman–Crippen MR) is 159 cm³/mol. The van der Waals surface area contributed by atoms with E-state index in [2.05, 4.69) is 4.98 Å². The van der Waals surface area contributed by atoms with E-state index < -0.39 is 10.0 Å². The van der Waals surface area contributed by atoms with Crippen LogP contribution in [0.3, 0.4) is 0 Å². The fourth-order valence-corrected chi connectivity index (χ4v) is 8.46. The molecule has 2 aromatic carbocycles. The molecule has 0 N–H and O–H groups in total. The van der Waals surface area contributed by atoms with Crippen molar-refractivity contribution in [2.45, 2.75) is 61.4 Å². The quantitative estimate of drug-likeness (QED) is 0.207. The standard InChI is InChI=1S/C29H32N4O3S3/c1-3-33(23-10-5-4-6-11-23)39(35,36)24-16-14-22(15-17-24)28(34)32(20-21-9-8-18-30-19-21)29-31-27-25(37-2)12-7-13-26(27)38-29/h7-9,12-19,23H,3-6,10-11,20H2,1-2H3. The van der Waals surface area contributed by atoms with E-state index >= 15 is 0 Å². The number of hydrogen-bond acceptors (Lipinski definition) is 7. The molecule has 2 heterocycles. The number of amides is 1. The van der Waals surface area contributed by atoms with E-state index in [1.54, 1.807) is 57.6 Å². The van der Waals surface area contributed by atoms with Gasteiger partial charge in [0.25, 0.3) is 5.91 Å². The minimum atomic E-state index is -3.65. The van der Waals surface area contributed by atoms with Crippen molar-refractivity contribution in [1.82, 2.24) is 14.3 Å². The Morgan fingerprint density at radius 3 is 2.49 bits per heavy atom. The van der Waals surface area contributed by atoms with E-state index in [1.165, 1.54) is 11.3 Å². The van der Waals surface area contributed by atoms with Crippen molar-refractivity contribution in [3.8, 4) is 0 Å². The van der Waals surface area contributed by atoms with Gasteiger partial charge in [0, 0.05) is 35.4 Å². The molecule has 2 aromatic heterocycles. The van der Waals surface area contributed by atoms with Crippen molar-refractivity contribution in [3.05, 3.63) is 78.1 Å². The van der Waals surface area contributed by atoms with Gasteiger partial charge in [-0.05, 0) is 67.1 Å². The van der Waals surface area contributed by atoms with Gasteiger partial charge in [-0.2, -0.15) is 4.31 Å². The summed E-state index contributed by atoms with van der Waals surface area (Å²) in [5, 5.41) is 0.589. The van der Waals surface area contributed by atoms with Gasteiger partial charge in [0.1, 0.15) is 0 Å². The summed E-state index contributed by atoms with van der Waals surface area (Å²) in [6.45, 7) is 2.62. The van der Waals surface area contributed by atoms with Crippen molar-refractivity contribution in [2.24, 2.45) is 0 Å². The zero-order valence-corrected chi connectivity index (χ0v) is 24.6. The first-order valence-electron chi connectivity index (χ1n) is 13.2. The molecule has 0 aliphatic heterocycles. The van der Waals surface area contributed by atoms with Crippen molar-refractivity contribution >= 4 is 54.4 Å². The van der Waals surface area contributed by atoms with Crippen LogP contribution in [0.5, 0.6) is 0 Å². The summed E-state index contributed by atoms with van der Waals surface area (Å²) in [5.41, 5.74) is 2.15. The normalized spacial score (nSPS) is 14.6. The molecule has 4 aromatic rings. The van der Waals surface area contributed by atoms with Gasteiger partial charge in [0.05, 0.1) is 21.7 Å². The molecule has 1 amide bonds. The number of carbonyl (C=O) groups excluding carboxylic acids is 1. The van der Waals surface area contributed by atoms with Gasteiger partial charge in [-0.25, -0.2) is 13.4 Å². The molecule has 0 bridgehead atoms. The zero-order chi connectivity index (χ0) is 27.4. The highest BCUT2D eigenvalue weighted by Crippen LogP contribution is 2.35. The van der Waals surface area contributed by atoms with Gasteiger partial charge >= 0.3 is 0 Å². The average molecular weight is 581 g/mol. The van der Waals surface area contributed by atoms with Crippen molar-refractivity contribution in [1.29, 1.82) is 0 Å². The molecule has 0 radical (unpaired) electrons. The van der Waals surface area contributed by atoms with E-state index in [0.29, 0.717) is 23.8 Å². The molecular weight excluding hydrogens is 549 g/mol. The number of anilines is 1. The molecule has 1 saturated carbocycles. The number of sulfonamides is 1. The number of nitrogens with zero attached hydrogens (tertiary/aromatic N) is 4. The zero-order valence-electron chi connectivity index (χ0n) is 22.1. The number of aromatic nitrogens is 2. The van der Waals surface area contributed by atoms with E-state index in [-0.39, 0.29) is 16.8 Å². The molecule has 7 nitrogen and oxygen atoms in total. The average Bonchev–Trinajstić information content (AvgIpc) is 3.41. The molecule has 204 valence electrons. The Labute approximate surface area is 238 Å². The number of benzene rings is 2. The molecule has 10 heteroatoms. The minimum absolute atomic E-state index is 0.0373. The minimum Gasteiger partial charge on any atom is -0.279 e. The summed E-state index contributed by atoms with van der Waals surface area (Å²) in [6.07, 6.45) is 10.5. The van der Waals surface area contributed by atoms with Crippen LogP contribution in [0.4, 0.5) is 5.13 Å². The number of thiazole rings is 1. The highest BCUT2D eigenvalue weighted by molar-refractivity contribution is 7.98. The first-order chi connectivity index (χ1) is 18.9. The van der Waals surface area contributed by atoms with Crippen LogP contribution in [-0.4, -0.2) is 47.4 Å². The third-order valence-electron chi connectivity index (χ3n) is 7.13. The molecule has 0 spiro atoms. The lowest BCUT2D eigenvalue weighted by Crippen LogP contribution is -2.41. The summed E-state index contributed by atoms with van der Waals surface area (Å²) in [4.78, 5) is 25.9. The maximum absolute atomic E-state index is 13.9. The Morgan fingerprint density at radius 2 is 1.82 bits per heavy atom. The fraction of sp³-hybridized carbons (Fsp3) is 0.345. The summed E-state index contributed by atoms with van der Waals surface area (Å²) in [5.74, 6) is -0.243. The third-order valence-corrected chi connectivity index (χ3v) is 11.0. The molecule has 5 rings (SSSR count). The number of carbonyl (C=O) groups is 1. The number of fused-ring (bicyclic) bond motifs is 1. The highest BCUT2D eigenvalue weighted by Gasteiger charge is 2.31. The summed E-state index contributed by atoms with van der Waals surface area (Å²) in [7, 11) is -3.65. The maximum atomic E-state index is 13.9. The smallest absolute Gasteiger partial charge is 0.260 e. The molecule has 0 saturated heterocycles. The molecule has 39 heavy (non-hydrogen) atoms. The van der Waals surface area contributed by atoms with Crippen LogP contribution in [0.15, 0.2) is 76.8 Å². The first-order valence-corrected chi connectivity index (χ1v) is 16.7. The first kappa shape index (κ1) is 27.8. The topological polar surface area (TPSA) is 83.5 Å². The van der Waals surface area contributed by atoms with E-state index in [4.69, 9.17) is 4.98 Å². The number of para-hydroxylation sites is 1.